The van der Waals surface area contributed by atoms with E-state index in [9.17, 15) is 14.4 Å². The van der Waals surface area contributed by atoms with Crippen LogP contribution in [0.25, 0.3) is 0 Å². The number of allylic oxidation sites excluding steroid dienone is 1. The smallest absolute Gasteiger partial charge is 0.343 e. The van der Waals surface area contributed by atoms with Crippen molar-refractivity contribution in [2.75, 3.05) is 6.61 Å². The van der Waals surface area contributed by atoms with Gasteiger partial charge in [0.25, 0.3) is 0 Å². The van der Waals surface area contributed by atoms with Crippen molar-refractivity contribution in [3.63, 3.8) is 0 Å². The fourth-order valence-electron chi connectivity index (χ4n) is 4.64. The van der Waals surface area contributed by atoms with Crippen LogP contribution in [0.4, 0.5) is 4.39 Å². The average Bonchev–Trinajstić information content (AvgIpc) is 2.96. The number of carbonyl (C=O) groups is 1. The van der Waals surface area contributed by atoms with Gasteiger partial charge < -0.3 is 24.7 Å². The van der Waals surface area contributed by atoms with Crippen LogP contribution in [0.2, 0.25) is 0 Å². The fourth-order valence-corrected chi connectivity index (χ4v) is 4.64. The molecule has 41 heavy (non-hydrogen) atoms. The number of nitrogens with two attached hydrogens (primary N) is 1. The molecule has 206 valence electrons. The molecule has 1 unspecified atom stereocenters. The maximum absolute atomic E-state index is 14.1. The number of fused-ring (bicyclic) bond motifs is 1. The van der Waals surface area contributed by atoms with Crippen molar-refractivity contribution in [2.45, 2.75) is 26.4 Å². The molecule has 4 aromatic rings. The van der Waals surface area contributed by atoms with Gasteiger partial charge in [-0.25, -0.2) is 9.18 Å². The van der Waals surface area contributed by atoms with Crippen molar-refractivity contribution in [3.8, 4) is 29.1 Å². The highest BCUT2D eigenvalue weighted by atomic mass is 19.1. The van der Waals surface area contributed by atoms with Gasteiger partial charge in [0.05, 0.1) is 18.1 Å². The summed E-state index contributed by atoms with van der Waals surface area (Å²) in [6.07, 6.45) is 0. The van der Waals surface area contributed by atoms with E-state index in [-0.39, 0.29) is 29.6 Å². The van der Waals surface area contributed by atoms with Gasteiger partial charge in [0.2, 0.25) is 5.88 Å². The summed E-state index contributed by atoms with van der Waals surface area (Å²) in [5, 5.41) is 9.98. The third kappa shape index (κ3) is 5.85. The Morgan fingerprint density at radius 2 is 1.83 bits per heavy atom. The summed E-state index contributed by atoms with van der Waals surface area (Å²) >= 11 is 0. The number of carbonyl (C=O) groups excluding carboxylic acids is 1. The van der Waals surface area contributed by atoms with Gasteiger partial charge in [-0.3, -0.25) is 0 Å². The minimum Gasteiger partial charge on any atom is -0.490 e. The normalized spacial score (nSPS) is 14.0. The number of nitriles is 1. The molecule has 0 radical (unpaired) electrons. The SMILES string of the molecule is CCOc1cc(C2C(C#N)=C(N)Oc3cc(OC(=O)c4cccc(C)c4)ccc32)ccc1OCc1ccccc1F. The molecule has 1 aliphatic heterocycles. The van der Waals surface area contributed by atoms with Gasteiger partial charge >= 0.3 is 5.97 Å². The maximum atomic E-state index is 14.1. The van der Waals surface area contributed by atoms with Crippen LogP contribution >= 0.6 is 0 Å². The Bertz CT molecular complexity index is 1690. The van der Waals surface area contributed by atoms with Crippen molar-refractivity contribution >= 4 is 5.97 Å². The van der Waals surface area contributed by atoms with Crippen LogP contribution in [0.5, 0.6) is 23.0 Å². The van der Waals surface area contributed by atoms with Crippen LogP contribution in [0.15, 0.2) is 96.4 Å². The number of nitrogens with zero attached hydrogens (tertiary/aromatic N) is 1. The molecule has 0 saturated carbocycles. The number of aryl methyl sites for hydroxylation is 1. The van der Waals surface area contributed by atoms with E-state index in [1.807, 2.05) is 19.9 Å². The molecular formula is C33H27FN2O5. The largest absolute Gasteiger partial charge is 0.490 e. The van der Waals surface area contributed by atoms with E-state index in [0.29, 0.717) is 46.1 Å². The molecule has 1 atom stereocenters. The number of benzene rings is 4. The first-order chi connectivity index (χ1) is 19.9. The second-order valence-electron chi connectivity index (χ2n) is 9.40. The predicted octanol–water partition coefficient (Wildman–Crippen LogP) is 6.55. The monoisotopic (exact) mass is 550 g/mol. The summed E-state index contributed by atoms with van der Waals surface area (Å²) in [4.78, 5) is 12.7. The van der Waals surface area contributed by atoms with Crippen LogP contribution in [0, 0.1) is 24.1 Å². The molecule has 0 bridgehead atoms. The Hall–Kier alpha value is -5.29. The lowest BCUT2D eigenvalue weighted by atomic mass is 9.83. The summed E-state index contributed by atoms with van der Waals surface area (Å²) in [7, 11) is 0. The van der Waals surface area contributed by atoms with Crippen molar-refractivity contribution in [1.82, 2.24) is 0 Å². The third-order valence-electron chi connectivity index (χ3n) is 6.60. The number of ether oxygens (including phenoxy) is 4. The minimum atomic E-state index is -0.579. The maximum Gasteiger partial charge on any atom is 0.343 e. The second-order valence-corrected chi connectivity index (χ2v) is 9.40. The quantitative estimate of drug-likeness (QED) is 0.196. The molecule has 0 amide bonds. The van der Waals surface area contributed by atoms with Gasteiger partial charge in [0.1, 0.15) is 35.6 Å². The zero-order valence-electron chi connectivity index (χ0n) is 22.5. The number of hydrogen-bond acceptors (Lipinski definition) is 7. The van der Waals surface area contributed by atoms with Gasteiger partial charge in [-0.1, -0.05) is 48.0 Å². The molecule has 1 heterocycles. The summed E-state index contributed by atoms with van der Waals surface area (Å²) in [6.45, 7) is 4.12. The summed E-state index contributed by atoms with van der Waals surface area (Å²) in [6, 6.07) is 25.9. The highest BCUT2D eigenvalue weighted by molar-refractivity contribution is 5.91. The van der Waals surface area contributed by atoms with E-state index < -0.39 is 11.9 Å². The highest BCUT2D eigenvalue weighted by Crippen LogP contribution is 2.45. The second kappa shape index (κ2) is 11.8. The lowest BCUT2D eigenvalue weighted by Crippen LogP contribution is -2.21. The third-order valence-corrected chi connectivity index (χ3v) is 6.60. The van der Waals surface area contributed by atoms with E-state index in [0.717, 1.165) is 5.56 Å². The first-order valence-corrected chi connectivity index (χ1v) is 13.0. The number of esters is 1. The molecule has 0 saturated heterocycles. The van der Waals surface area contributed by atoms with Gasteiger partial charge in [-0.2, -0.15) is 5.26 Å². The van der Waals surface area contributed by atoms with E-state index in [2.05, 4.69) is 6.07 Å². The molecule has 2 N–H and O–H groups in total. The lowest BCUT2D eigenvalue weighted by molar-refractivity contribution is 0.0734. The van der Waals surface area contributed by atoms with Crippen LogP contribution in [-0.4, -0.2) is 12.6 Å². The number of halogens is 1. The topological polar surface area (TPSA) is 104 Å². The zero-order valence-corrected chi connectivity index (χ0v) is 22.5. The Balaban J connectivity index is 1.46. The molecular weight excluding hydrogens is 523 g/mol. The predicted molar refractivity (Wildman–Crippen MR) is 150 cm³/mol. The van der Waals surface area contributed by atoms with E-state index in [1.54, 1.807) is 72.8 Å². The number of hydrogen-bond donors (Lipinski definition) is 1. The van der Waals surface area contributed by atoms with Crippen molar-refractivity contribution in [3.05, 3.63) is 130 Å². The van der Waals surface area contributed by atoms with Crippen LogP contribution in [0.1, 0.15) is 45.5 Å². The zero-order chi connectivity index (χ0) is 28.9. The van der Waals surface area contributed by atoms with Crippen LogP contribution < -0.4 is 24.7 Å². The van der Waals surface area contributed by atoms with Gasteiger partial charge in [-0.05, 0) is 55.8 Å². The summed E-state index contributed by atoms with van der Waals surface area (Å²) in [5.74, 6) is 0.00991. The first-order valence-electron chi connectivity index (χ1n) is 13.0. The standard InChI is InChI=1S/C33H27FN2O5/c1-3-38-30-16-21(11-14-28(30)39-19-23-8-4-5-10-27(23)34)31-25-13-12-24(17-29(25)41-32(36)26(31)18-35)40-33(37)22-9-6-7-20(2)15-22/h4-17,31H,3,19,36H2,1-2H3. The van der Waals surface area contributed by atoms with Gasteiger partial charge in [-0.15, -0.1) is 0 Å². The van der Waals surface area contributed by atoms with E-state index in [1.165, 1.54) is 6.07 Å². The molecule has 0 spiro atoms. The minimum absolute atomic E-state index is 0.0204. The summed E-state index contributed by atoms with van der Waals surface area (Å²) < 4.78 is 37.2. The molecule has 8 heteroatoms. The van der Waals surface area contributed by atoms with E-state index in [4.69, 9.17) is 24.7 Å². The molecule has 4 aromatic carbocycles. The highest BCUT2D eigenvalue weighted by Gasteiger charge is 2.32. The Morgan fingerprint density at radius 1 is 1.00 bits per heavy atom. The lowest BCUT2D eigenvalue weighted by Gasteiger charge is -2.27. The summed E-state index contributed by atoms with van der Waals surface area (Å²) in [5.41, 5.74) is 9.55. The average molecular weight is 551 g/mol. The van der Waals surface area contributed by atoms with E-state index >= 15 is 0 Å². The number of rotatable bonds is 8. The molecule has 0 fully saturated rings. The van der Waals surface area contributed by atoms with Crippen LogP contribution in [-0.2, 0) is 6.61 Å². The first kappa shape index (κ1) is 27.3. The Kier molecular flexibility index (Phi) is 7.88. The molecule has 0 aliphatic carbocycles. The van der Waals surface area contributed by atoms with Gasteiger partial charge in [0.15, 0.2) is 11.5 Å². The Labute approximate surface area is 237 Å². The Morgan fingerprint density at radius 3 is 2.59 bits per heavy atom. The molecule has 1 aliphatic rings. The molecule has 0 aromatic heterocycles. The van der Waals surface area contributed by atoms with Gasteiger partial charge in [0, 0.05) is 17.2 Å². The molecule has 7 nitrogen and oxygen atoms in total. The van der Waals surface area contributed by atoms with Crippen molar-refractivity contribution in [1.29, 1.82) is 5.26 Å². The molecule has 5 rings (SSSR count). The van der Waals surface area contributed by atoms with Crippen molar-refractivity contribution in [2.24, 2.45) is 5.73 Å². The fraction of sp³-hybridized carbons (Fsp3) is 0.152. The van der Waals surface area contributed by atoms with Crippen LogP contribution in [0.3, 0.4) is 0 Å². The van der Waals surface area contributed by atoms with Crippen molar-refractivity contribution < 1.29 is 28.1 Å².